The van der Waals surface area contributed by atoms with Crippen molar-refractivity contribution in [3.63, 3.8) is 0 Å². The van der Waals surface area contributed by atoms with Gasteiger partial charge in [-0.1, -0.05) is 0 Å². The summed E-state index contributed by atoms with van der Waals surface area (Å²) in [6, 6.07) is 9.31. The van der Waals surface area contributed by atoms with Crippen LogP contribution in [0.25, 0.3) is 0 Å². The van der Waals surface area contributed by atoms with E-state index in [1.54, 1.807) is 6.92 Å². The Morgan fingerprint density at radius 2 is 1.67 bits per heavy atom. The normalized spacial score (nSPS) is 20.9. The summed E-state index contributed by atoms with van der Waals surface area (Å²) >= 11 is 0. The molecule has 3 aromatic rings. The topological polar surface area (TPSA) is 125 Å². The molecule has 0 bridgehead atoms. The molecule has 256 valence electrons. The molecule has 4 heterocycles. The molecule has 3 amide bonds. The summed E-state index contributed by atoms with van der Waals surface area (Å²) in [6.45, 7) is 5.68. The van der Waals surface area contributed by atoms with Crippen LogP contribution in [-0.4, -0.2) is 106 Å². The number of ether oxygens (including phenoxy) is 2. The van der Waals surface area contributed by atoms with Gasteiger partial charge in [0, 0.05) is 50.0 Å². The number of nitrogens with zero attached hydrogens (tertiary/aromatic N) is 5. The lowest BCUT2D eigenvalue weighted by molar-refractivity contribution is -0.121. The Balaban J connectivity index is 1.43. The highest BCUT2D eigenvalue weighted by Gasteiger charge is 2.59. The van der Waals surface area contributed by atoms with E-state index >= 15 is 4.39 Å². The van der Waals surface area contributed by atoms with Crippen molar-refractivity contribution >= 4 is 27.6 Å². The number of likely N-dealkylation sites (tertiary alicyclic amines) is 1. The molecule has 0 radical (unpaired) electrons. The minimum atomic E-state index is -4.74. The third-order valence-electron chi connectivity index (χ3n) is 9.32. The zero-order chi connectivity index (χ0) is 34.2. The van der Waals surface area contributed by atoms with Crippen molar-refractivity contribution in [2.75, 3.05) is 64.3 Å². The maximum atomic E-state index is 15.1. The molecule has 6 rings (SSSR count). The highest BCUT2D eigenvalue weighted by atomic mass is 32.2. The van der Waals surface area contributed by atoms with Crippen molar-refractivity contribution < 1.29 is 36.3 Å². The number of fused-ring (bicyclic) bond motifs is 1. The van der Waals surface area contributed by atoms with E-state index in [1.807, 2.05) is 0 Å². The molecule has 2 aromatic carbocycles. The van der Waals surface area contributed by atoms with Gasteiger partial charge in [0.1, 0.15) is 5.75 Å². The number of hydrogen-bond acceptors (Lipinski definition) is 9. The number of nitrogens with one attached hydrogen (secondary N) is 1. The number of hydrogen-bond donors (Lipinski definition) is 1. The van der Waals surface area contributed by atoms with Crippen molar-refractivity contribution in [3.8, 4) is 11.6 Å². The van der Waals surface area contributed by atoms with Crippen molar-refractivity contribution in [1.82, 2.24) is 25.0 Å². The van der Waals surface area contributed by atoms with Crippen LogP contribution in [0, 0.1) is 11.6 Å². The van der Waals surface area contributed by atoms with Crippen molar-refractivity contribution in [3.05, 3.63) is 77.5 Å². The molecule has 0 aliphatic carbocycles. The first kappa shape index (κ1) is 33.6. The van der Waals surface area contributed by atoms with E-state index in [9.17, 15) is 22.4 Å². The SMILES string of the molecule is CCOc1ncccc1C1(NC(=O)N2CCN(C3CCN(C)CC3)CC2)C(=O)N(S(=O)(=O)c2ccc(OC)cc2)c2cc(F)c(F)cc21. The van der Waals surface area contributed by atoms with Crippen LogP contribution in [-0.2, 0) is 20.4 Å². The van der Waals surface area contributed by atoms with E-state index in [1.165, 1.54) is 54.6 Å². The molecule has 15 heteroatoms. The van der Waals surface area contributed by atoms with Gasteiger partial charge in [-0.2, -0.15) is 4.31 Å². The van der Waals surface area contributed by atoms with Crippen molar-refractivity contribution in [2.45, 2.75) is 36.2 Å². The van der Waals surface area contributed by atoms with E-state index < -0.39 is 44.8 Å². The lowest BCUT2D eigenvalue weighted by Crippen LogP contribution is -2.61. The highest BCUT2D eigenvalue weighted by Crippen LogP contribution is 2.49. The molecule has 2 fully saturated rings. The summed E-state index contributed by atoms with van der Waals surface area (Å²) in [6.07, 6.45) is 3.46. The first-order valence-corrected chi connectivity index (χ1v) is 17.3. The molecule has 1 aromatic heterocycles. The van der Waals surface area contributed by atoms with Gasteiger partial charge in [0.25, 0.3) is 15.9 Å². The second-order valence-electron chi connectivity index (χ2n) is 12.1. The number of aromatic nitrogens is 1. The van der Waals surface area contributed by atoms with Gasteiger partial charge >= 0.3 is 6.03 Å². The average molecular weight is 685 g/mol. The predicted octanol–water partition coefficient (Wildman–Crippen LogP) is 3.17. The third kappa shape index (κ3) is 5.83. The van der Waals surface area contributed by atoms with E-state index in [2.05, 4.69) is 27.1 Å². The fraction of sp³-hybridized carbons (Fsp3) is 0.424. The van der Waals surface area contributed by atoms with Gasteiger partial charge in [-0.3, -0.25) is 9.69 Å². The van der Waals surface area contributed by atoms with E-state index in [0.717, 1.165) is 32.0 Å². The standard InChI is InChI=1S/C33H38F2N6O6S/c1-4-47-30-25(6-5-13-36-30)33(37-32(43)40-18-16-39(17-19-40)22-11-14-38(2)15-12-22)26-20-27(34)28(35)21-29(26)41(31(33)42)48(44,45)24-9-7-23(46-3)8-10-24/h5-10,13,20-22H,4,11-12,14-19H2,1-3H3,(H,37,43). The Bertz CT molecular complexity index is 1800. The molecule has 1 unspecified atom stereocenters. The Hall–Kier alpha value is -4.34. The lowest BCUT2D eigenvalue weighted by atomic mass is 9.84. The molecule has 0 spiro atoms. The number of piperazine rings is 1. The fourth-order valence-corrected chi connectivity index (χ4v) is 8.20. The maximum Gasteiger partial charge on any atom is 0.318 e. The van der Waals surface area contributed by atoms with Crippen LogP contribution in [0.4, 0.5) is 19.3 Å². The van der Waals surface area contributed by atoms with Gasteiger partial charge in [0.2, 0.25) is 5.88 Å². The van der Waals surface area contributed by atoms with E-state index in [4.69, 9.17) is 9.47 Å². The second-order valence-corrected chi connectivity index (χ2v) is 13.8. The van der Waals surface area contributed by atoms with Crippen LogP contribution < -0.4 is 19.1 Å². The Kier molecular flexibility index (Phi) is 9.29. The molecule has 0 saturated carbocycles. The molecule has 3 aliphatic heterocycles. The van der Waals surface area contributed by atoms with Gasteiger partial charge in [-0.15, -0.1) is 0 Å². The number of piperidine rings is 1. The van der Waals surface area contributed by atoms with Gasteiger partial charge in [0.15, 0.2) is 17.2 Å². The summed E-state index contributed by atoms with van der Waals surface area (Å²) in [5.41, 5.74) is -3.12. The molecule has 12 nitrogen and oxygen atoms in total. The maximum absolute atomic E-state index is 15.1. The largest absolute Gasteiger partial charge is 0.497 e. The van der Waals surface area contributed by atoms with Crippen LogP contribution in [0.3, 0.4) is 0 Å². The van der Waals surface area contributed by atoms with Crippen LogP contribution in [0.5, 0.6) is 11.6 Å². The molecule has 3 aliphatic rings. The van der Waals surface area contributed by atoms with E-state index in [0.29, 0.717) is 48.3 Å². The number of halogens is 2. The van der Waals surface area contributed by atoms with Gasteiger partial charge in [0.05, 0.1) is 29.9 Å². The fourth-order valence-electron chi connectivity index (χ4n) is 6.74. The quantitative estimate of drug-likeness (QED) is 0.381. The number of amides is 3. The Morgan fingerprint density at radius 3 is 2.31 bits per heavy atom. The minimum Gasteiger partial charge on any atom is -0.497 e. The summed E-state index contributed by atoms with van der Waals surface area (Å²) in [5.74, 6) is -3.60. The molecular weight excluding hydrogens is 646 g/mol. The first-order chi connectivity index (χ1) is 23.0. The van der Waals surface area contributed by atoms with Gasteiger partial charge < -0.3 is 24.6 Å². The first-order valence-electron chi connectivity index (χ1n) is 15.8. The predicted molar refractivity (Wildman–Crippen MR) is 172 cm³/mol. The summed E-state index contributed by atoms with van der Waals surface area (Å²) in [5, 5.41) is 2.78. The van der Waals surface area contributed by atoms with E-state index in [-0.39, 0.29) is 28.5 Å². The highest BCUT2D eigenvalue weighted by molar-refractivity contribution is 7.93. The van der Waals surface area contributed by atoms with Crippen LogP contribution in [0.1, 0.15) is 30.9 Å². The molecule has 2 saturated heterocycles. The summed E-state index contributed by atoms with van der Waals surface area (Å²) in [4.78, 5) is 39.2. The van der Waals surface area contributed by atoms with Crippen LogP contribution in [0.15, 0.2) is 59.6 Å². The molecule has 1 N–H and O–H groups in total. The number of sulfonamides is 1. The Labute approximate surface area is 278 Å². The van der Waals surface area contributed by atoms with Gasteiger partial charge in [-0.25, -0.2) is 27.0 Å². The zero-order valence-electron chi connectivity index (χ0n) is 27.0. The minimum absolute atomic E-state index is 0.0325. The average Bonchev–Trinajstić information content (AvgIpc) is 3.32. The third-order valence-corrected chi connectivity index (χ3v) is 11.0. The molecular formula is C33H38F2N6O6S. The molecule has 48 heavy (non-hydrogen) atoms. The van der Waals surface area contributed by atoms with Crippen molar-refractivity contribution in [1.29, 1.82) is 0 Å². The number of carbonyl (C=O) groups excluding carboxylic acids is 2. The number of pyridine rings is 1. The summed E-state index contributed by atoms with van der Waals surface area (Å²) in [7, 11) is -1.23. The number of rotatable bonds is 8. The van der Waals surface area contributed by atoms with Crippen molar-refractivity contribution in [2.24, 2.45) is 0 Å². The number of methoxy groups -OCH3 is 1. The lowest BCUT2D eigenvalue weighted by Gasteiger charge is -2.43. The summed E-state index contributed by atoms with van der Waals surface area (Å²) < 4.78 is 69.7. The number of anilines is 1. The number of urea groups is 1. The Morgan fingerprint density at radius 1 is 1.00 bits per heavy atom. The van der Waals surface area contributed by atoms with Crippen LogP contribution in [0.2, 0.25) is 0 Å². The number of carbonyl (C=O) groups is 2. The number of benzene rings is 2. The smallest absolute Gasteiger partial charge is 0.318 e. The van der Waals surface area contributed by atoms with Crippen LogP contribution >= 0.6 is 0 Å². The monoisotopic (exact) mass is 684 g/mol. The zero-order valence-corrected chi connectivity index (χ0v) is 27.8. The molecule has 1 atom stereocenters. The van der Waals surface area contributed by atoms with Gasteiger partial charge in [-0.05, 0) is 82.4 Å². The second kappa shape index (κ2) is 13.3.